The Kier molecular flexibility index (Phi) is 64.1. The van der Waals surface area contributed by atoms with Gasteiger partial charge in [0, 0.05) is 19.3 Å². The van der Waals surface area contributed by atoms with Crippen LogP contribution in [0.1, 0.15) is 380 Å². The quantitative estimate of drug-likeness (QED) is 0.0261. The molecule has 452 valence electrons. The van der Waals surface area contributed by atoms with E-state index in [1.165, 1.54) is 250 Å². The molecule has 0 amide bonds. The van der Waals surface area contributed by atoms with Crippen LogP contribution in [0.2, 0.25) is 0 Å². The van der Waals surface area contributed by atoms with E-state index in [-0.39, 0.29) is 31.1 Å². The summed E-state index contributed by atoms with van der Waals surface area (Å²) in [7, 11) is 0. The molecule has 0 bridgehead atoms. The third kappa shape index (κ3) is 64.3. The molecule has 0 saturated carbocycles. The number of rotatable bonds is 64. The van der Waals surface area contributed by atoms with Gasteiger partial charge in [0.05, 0.1) is 0 Å². The van der Waals surface area contributed by atoms with E-state index in [9.17, 15) is 14.4 Å². The number of carbonyl (C=O) groups excluding carboxylic acids is 3. The van der Waals surface area contributed by atoms with Gasteiger partial charge < -0.3 is 14.2 Å². The van der Waals surface area contributed by atoms with Crippen molar-refractivity contribution in [2.75, 3.05) is 13.2 Å². The summed E-state index contributed by atoms with van der Waals surface area (Å²) in [6.07, 6.45) is 81.8. The largest absolute Gasteiger partial charge is 0.462 e. The fourth-order valence-electron chi connectivity index (χ4n) is 10.4. The van der Waals surface area contributed by atoms with Crippen LogP contribution in [-0.2, 0) is 28.6 Å². The van der Waals surface area contributed by atoms with Gasteiger partial charge in [-0.2, -0.15) is 0 Å². The monoisotopic (exact) mass is 1080 g/mol. The molecule has 77 heavy (non-hydrogen) atoms. The minimum Gasteiger partial charge on any atom is -0.462 e. The van der Waals surface area contributed by atoms with E-state index < -0.39 is 6.10 Å². The second-order valence-corrected chi connectivity index (χ2v) is 23.4. The first-order valence-electron chi connectivity index (χ1n) is 34.5. The van der Waals surface area contributed by atoms with E-state index in [4.69, 9.17) is 14.2 Å². The highest BCUT2D eigenvalue weighted by Gasteiger charge is 2.19. The van der Waals surface area contributed by atoms with Crippen molar-refractivity contribution < 1.29 is 28.6 Å². The summed E-state index contributed by atoms with van der Waals surface area (Å²) in [5.41, 5.74) is 0. The van der Waals surface area contributed by atoms with Gasteiger partial charge in [0.1, 0.15) is 13.2 Å². The first kappa shape index (κ1) is 74.6. The lowest BCUT2D eigenvalue weighted by Gasteiger charge is -2.18. The zero-order chi connectivity index (χ0) is 55.7. The minimum atomic E-state index is -0.781. The molecule has 0 rings (SSSR count). The molecule has 0 aliphatic carbocycles. The topological polar surface area (TPSA) is 78.9 Å². The maximum atomic E-state index is 12.9. The highest BCUT2D eigenvalue weighted by molar-refractivity contribution is 5.71. The predicted molar refractivity (Wildman–Crippen MR) is 335 cm³/mol. The predicted octanol–water partition coefficient (Wildman–Crippen LogP) is 23.6. The molecule has 0 radical (unpaired) electrons. The van der Waals surface area contributed by atoms with Crippen molar-refractivity contribution in [3.8, 4) is 0 Å². The molecule has 1 atom stereocenters. The number of hydrogen-bond donors (Lipinski definition) is 0. The van der Waals surface area contributed by atoms with E-state index in [0.717, 1.165) is 89.9 Å². The van der Waals surface area contributed by atoms with Crippen LogP contribution in [0.5, 0.6) is 0 Å². The average molecular weight is 1080 g/mol. The summed E-state index contributed by atoms with van der Waals surface area (Å²) in [5, 5.41) is 0. The van der Waals surface area contributed by atoms with Gasteiger partial charge in [0.2, 0.25) is 0 Å². The van der Waals surface area contributed by atoms with Gasteiger partial charge in [-0.15, -0.1) is 0 Å². The SMILES string of the molecule is CCCCCC/C=C\C/C=C\CCCCCCCC(=O)OC(COC(=O)CCCCCCC/C=C\CCCCCC)COC(=O)CCCCCCCCCCCCCCCCCCCCCCCCCCCCCCCC. The molecule has 1 unspecified atom stereocenters. The number of unbranched alkanes of at least 4 members (excludes halogenated alkanes) is 47. The van der Waals surface area contributed by atoms with E-state index in [1.54, 1.807) is 0 Å². The van der Waals surface area contributed by atoms with Crippen LogP contribution in [0.3, 0.4) is 0 Å². The first-order valence-corrected chi connectivity index (χ1v) is 34.5. The van der Waals surface area contributed by atoms with Crippen LogP contribution in [0, 0.1) is 0 Å². The van der Waals surface area contributed by atoms with Crippen LogP contribution < -0.4 is 0 Å². The Labute approximate surface area is 480 Å². The second-order valence-electron chi connectivity index (χ2n) is 23.4. The van der Waals surface area contributed by atoms with Gasteiger partial charge >= 0.3 is 17.9 Å². The maximum absolute atomic E-state index is 12.9. The van der Waals surface area contributed by atoms with Crippen LogP contribution in [0.25, 0.3) is 0 Å². The highest BCUT2D eigenvalue weighted by atomic mass is 16.6. The number of esters is 3. The minimum absolute atomic E-state index is 0.0765. The highest BCUT2D eigenvalue weighted by Crippen LogP contribution is 2.18. The molecular formula is C71H132O6. The fourth-order valence-corrected chi connectivity index (χ4v) is 10.4. The molecule has 0 saturated heterocycles. The van der Waals surface area contributed by atoms with Gasteiger partial charge in [-0.25, -0.2) is 0 Å². The lowest BCUT2D eigenvalue weighted by atomic mass is 10.0. The molecular weight excluding hydrogens is 949 g/mol. The van der Waals surface area contributed by atoms with Crippen LogP contribution in [-0.4, -0.2) is 37.2 Å². The molecule has 0 aromatic heterocycles. The van der Waals surface area contributed by atoms with Crippen molar-refractivity contribution in [2.45, 2.75) is 386 Å². The Morgan fingerprint density at radius 1 is 0.260 bits per heavy atom. The lowest BCUT2D eigenvalue weighted by molar-refractivity contribution is -0.167. The zero-order valence-corrected chi connectivity index (χ0v) is 52.0. The number of carbonyl (C=O) groups is 3. The Morgan fingerprint density at radius 3 is 0.740 bits per heavy atom. The average Bonchev–Trinajstić information content (AvgIpc) is 3.43. The number of allylic oxidation sites excluding steroid dienone is 6. The molecule has 0 heterocycles. The molecule has 0 spiro atoms. The van der Waals surface area contributed by atoms with Crippen molar-refractivity contribution in [3.63, 3.8) is 0 Å². The van der Waals surface area contributed by atoms with Crippen molar-refractivity contribution in [3.05, 3.63) is 36.5 Å². The van der Waals surface area contributed by atoms with Gasteiger partial charge in [0.15, 0.2) is 6.10 Å². The van der Waals surface area contributed by atoms with Crippen molar-refractivity contribution in [1.29, 1.82) is 0 Å². The van der Waals surface area contributed by atoms with Gasteiger partial charge in [-0.3, -0.25) is 14.4 Å². The van der Waals surface area contributed by atoms with Gasteiger partial charge in [-0.05, 0) is 77.0 Å². The van der Waals surface area contributed by atoms with E-state index in [1.807, 2.05) is 0 Å². The van der Waals surface area contributed by atoms with E-state index in [0.29, 0.717) is 19.3 Å². The summed E-state index contributed by atoms with van der Waals surface area (Å²) >= 11 is 0. The van der Waals surface area contributed by atoms with Crippen molar-refractivity contribution >= 4 is 17.9 Å². The number of hydrogen-bond acceptors (Lipinski definition) is 6. The molecule has 6 nitrogen and oxygen atoms in total. The normalized spacial score (nSPS) is 12.2. The Morgan fingerprint density at radius 2 is 0.468 bits per heavy atom. The smallest absolute Gasteiger partial charge is 0.306 e. The standard InChI is InChI=1S/C71H132O6/c1-4-7-10-13-16-19-22-25-27-29-30-31-32-33-34-35-36-37-38-39-40-41-42-44-46-49-52-55-58-61-64-70(73)76-67-68(66-75-69(72)63-60-57-54-51-48-45-24-21-18-15-12-9-6-3)77-71(74)65-62-59-56-53-50-47-43-28-26-23-20-17-14-11-8-5-2/h20-21,23-24,28,43,68H,4-19,22,25-27,29-42,44-67H2,1-3H3/b23-20-,24-21-,43-28-. The number of ether oxygens (including phenoxy) is 3. The van der Waals surface area contributed by atoms with Gasteiger partial charge in [-0.1, -0.05) is 320 Å². The first-order chi connectivity index (χ1) is 38.0. The summed E-state index contributed by atoms with van der Waals surface area (Å²) in [6, 6.07) is 0. The van der Waals surface area contributed by atoms with E-state index in [2.05, 4.69) is 57.2 Å². The third-order valence-corrected chi connectivity index (χ3v) is 15.6. The molecule has 6 heteroatoms. The third-order valence-electron chi connectivity index (χ3n) is 15.6. The summed E-state index contributed by atoms with van der Waals surface area (Å²) < 4.78 is 16.9. The fraction of sp³-hybridized carbons (Fsp3) is 0.873. The van der Waals surface area contributed by atoms with Crippen molar-refractivity contribution in [2.24, 2.45) is 0 Å². The van der Waals surface area contributed by atoms with E-state index >= 15 is 0 Å². The van der Waals surface area contributed by atoms with Crippen LogP contribution in [0.4, 0.5) is 0 Å². The Hall–Kier alpha value is -2.37. The van der Waals surface area contributed by atoms with Crippen LogP contribution >= 0.6 is 0 Å². The van der Waals surface area contributed by atoms with Gasteiger partial charge in [0.25, 0.3) is 0 Å². The molecule has 0 aliphatic heterocycles. The summed E-state index contributed by atoms with van der Waals surface area (Å²) in [5.74, 6) is -0.876. The summed E-state index contributed by atoms with van der Waals surface area (Å²) in [6.45, 7) is 6.65. The molecule has 0 fully saturated rings. The van der Waals surface area contributed by atoms with Crippen molar-refractivity contribution in [1.82, 2.24) is 0 Å². The molecule has 0 N–H and O–H groups in total. The molecule has 0 aromatic rings. The summed E-state index contributed by atoms with van der Waals surface area (Å²) in [4.78, 5) is 38.3. The molecule has 0 aliphatic rings. The lowest BCUT2D eigenvalue weighted by Crippen LogP contribution is -2.30. The zero-order valence-electron chi connectivity index (χ0n) is 52.0. The van der Waals surface area contributed by atoms with Crippen LogP contribution in [0.15, 0.2) is 36.5 Å². The molecule has 0 aromatic carbocycles. The maximum Gasteiger partial charge on any atom is 0.306 e. The second kappa shape index (κ2) is 66.1. The Balaban J connectivity index is 4.15. The Bertz CT molecular complexity index is 1290.